The normalized spacial score (nSPS) is 13.2. The van der Waals surface area contributed by atoms with E-state index in [9.17, 15) is 9.59 Å². The van der Waals surface area contributed by atoms with Crippen LogP contribution >= 0.6 is 11.3 Å². The lowest BCUT2D eigenvalue weighted by Crippen LogP contribution is -2.28. The van der Waals surface area contributed by atoms with Gasteiger partial charge in [-0.25, -0.2) is 9.78 Å². The Morgan fingerprint density at radius 3 is 2.79 bits per heavy atom. The van der Waals surface area contributed by atoms with Crippen molar-refractivity contribution in [1.29, 1.82) is 0 Å². The Morgan fingerprint density at radius 2 is 2.04 bits per heavy atom. The first kappa shape index (κ1) is 16.4. The second kappa shape index (κ2) is 7.44. The van der Waals surface area contributed by atoms with Crippen molar-refractivity contribution in [2.75, 3.05) is 6.61 Å². The number of aryl methyl sites for hydroxylation is 2. The lowest BCUT2D eigenvalue weighted by atomic mass is 9.92. The quantitative estimate of drug-likeness (QED) is 0.838. The van der Waals surface area contributed by atoms with Gasteiger partial charge in [0.05, 0.1) is 6.54 Å². The standard InChI is InChI=1S/C17H18N2O4S/c20-15(18-8-16-19-14(10-24-16)17(21)22)9-23-13-6-5-11-3-1-2-4-12(11)7-13/h5-7,10H,1-4,8-9H2,(H,18,20)(H,21,22). The average Bonchev–Trinajstić information content (AvgIpc) is 3.07. The van der Waals surface area contributed by atoms with Crippen LogP contribution in [0.5, 0.6) is 5.75 Å². The number of hydrogen-bond donors (Lipinski definition) is 2. The molecule has 2 N–H and O–H groups in total. The molecule has 0 spiro atoms. The maximum Gasteiger partial charge on any atom is 0.355 e. The molecule has 0 saturated carbocycles. The van der Waals surface area contributed by atoms with E-state index in [4.69, 9.17) is 9.84 Å². The number of carbonyl (C=O) groups is 2. The number of benzene rings is 1. The predicted molar refractivity (Wildman–Crippen MR) is 89.5 cm³/mol. The predicted octanol–water partition coefficient (Wildman–Crippen LogP) is 2.42. The van der Waals surface area contributed by atoms with Crippen LogP contribution < -0.4 is 10.1 Å². The number of fused-ring (bicyclic) bond motifs is 1. The molecule has 6 nitrogen and oxygen atoms in total. The third-order valence-electron chi connectivity index (χ3n) is 3.90. The Morgan fingerprint density at radius 1 is 1.25 bits per heavy atom. The molecule has 1 aromatic carbocycles. The van der Waals surface area contributed by atoms with E-state index in [2.05, 4.69) is 16.4 Å². The van der Waals surface area contributed by atoms with E-state index in [1.165, 1.54) is 40.7 Å². The molecule has 0 saturated heterocycles. The van der Waals surface area contributed by atoms with Crippen molar-refractivity contribution >= 4 is 23.2 Å². The van der Waals surface area contributed by atoms with Gasteiger partial charge in [-0.1, -0.05) is 6.07 Å². The van der Waals surface area contributed by atoms with E-state index in [0.717, 1.165) is 12.8 Å². The number of carboxylic acid groups (broad SMARTS) is 1. The highest BCUT2D eigenvalue weighted by atomic mass is 32.1. The van der Waals surface area contributed by atoms with Gasteiger partial charge in [-0.2, -0.15) is 0 Å². The maximum absolute atomic E-state index is 11.8. The zero-order valence-electron chi connectivity index (χ0n) is 13.1. The highest BCUT2D eigenvalue weighted by Crippen LogP contribution is 2.25. The molecule has 7 heteroatoms. The Bertz CT molecular complexity index is 757. The zero-order chi connectivity index (χ0) is 16.9. The van der Waals surface area contributed by atoms with Gasteiger partial charge in [0.2, 0.25) is 0 Å². The number of thiazole rings is 1. The maximum atomic E-state index is 11.8. The third-order valence-corrected chi connectivity index (χ3v) is 4.75. The summed E-state index contributed by atoms with van der Waals surface area (Å²) in [5, 5.41) is 13.5. The summed E-state index contributed by atoms with van der Waals surface area (Å²) in [5.74, 6) is -0.632. The average molecular weight is 346 g/mol. The molecule has 126 valence electrons. The number of nitrogens with zero attached hydrogens (tertiary/aromatic N) is 1. The molecule has 0 atom stereocenters. The van der Waals surface area contributed by atoms with Crippen LogP contribution in [0, 0.1) is 0 Å². The van der Waals surface area contributed by atoms with Gasteiger partial charge >= 0.3 is 5.97 Å². The van der Waals surface area contributed by atoms with Gasteiger partial charge in [-0.05, 0) is 48.9 Å². The van der Waals surface area contributed by atoms with Crippen molar-refractivity contribution in [2.45, 2.75) is 32.2 Å². The second-order valence-electron chi connectivity index (χ2n) is 5.63. The first-order valence-corrected chi connectivity index (χ1v) is 8.69. The van der Waals surface area contributed by atoms with Crippen LogP contribution in [0.4, 0.5) is 0 Å². The lowest BCUT2D eigenvalue weighted by molar-refractivity contribution is -0.123. The second-order valence-corrected chi connectivity index (χ2v) is 6.58. The zero-order valence-corrected chi connectivity index (χ0v) is 13.9. The van der Waals surface area contributed by atoms with Crippen molar-refractivity contribution in [3.63, 3.8) is 0 Å². The smallest absolute Gasteiger partial charge is 0.355 e. The molecule has 3 rings (SSSR count). The van der Waals surface area contributed by atoms with Crippen molar-refractivity contribution < 1.29 is 19.4 Å². The van der Waals surface area contributed by atoms with E-state index < -0.39 is 5.97 Å². The lowest BCUT2D eigenvalue weighted by Gasteiger charge is -2.16. The molecule has 0 radical (unpaired) electrons. The largest absolute Gasteiger partial charge is 0.484 e. The van der Waals surface area contributed by atoms with E-state index in [1.807, 2.05) is 12.1 Å². The van der Waals surface area contributed by atoms with Gasteiger partial charge in [-0.15, -0.1) is 11.3 Å². The minimum Gasteiger partial charge on any atom is -0.484 e. The van der Waals surface area contributed by atoms with Gasteiger partial charge in [-0.3, -0.25) is 4.79 Å². The Hall–Kier alpha value is -2.41. The first-order valence-electron chi connectivity index (χ1n) is 7.81. The van der Waals surface area contributed by atoms with Crippen LogP contribution in [-0.4, -0.2) is 28.6 Å². The van der Waals surface area contributed by atoms with Crippen LogP contribution in [0.3, 0.4) is 0 Å². The van der Waals surface area contributed by atoms with Gasteiger partial charge < -0.3 is 15.2 Å². The van der Waals surface area contributed by atoms with Crippen molar-refractivity contribution in [1.82, 2.24) is 10.3 Å². The number of carboxylic acids is 1. The molecule has 1 aliphatic rings. The fraction of sp³-hybridized carbons (Fsp3) is 0.353. The molecule has 0 unspecified atom stereocenters. The molecule has 1 amide bonds. The molecule has 0 bridgehead atoms. The van der Waals surface area contributed by atoms with E-state index in [0.29, 0.717) is 10.8 Å². The van der Waals surface area contributed by atoms with Crippen LogP contribution in [0.15, 0.2) is 23.6 Å². The molecule has 0 aliphatic heterocycles. The molecule has 0 fully saturated rings. The van der Waals surface area contributed by atoms with Crippen molar-refractivity contribution in [3.05, 3.63) is 45.4 Å². The summed E-state index contributed by atoms with van der Waals surface area (Å²) in [4.78, 5) is 26.5. The number of nitrogens with one attached hydrogen (secondary N) is 1. The highest BCUT2D eigenvalue weighted by molar-refractivity contribution is 7.09. The molecular weight excluding hydrogens is 328 g/mol. The number of carbonyl (C=O) groups excluding carboxylic acids is 1. The summed E-state index contributed by atoms with van der Waals surface area (Å²) in [5.41, 5.74) is 2.67. The number of hydrogen-bond acceptors (Lipinski definition) is 5. The van der Waals surface area contributed by atoms with Gasteiger partial charge in [0.25, 0.3) is 5.91 Å². The summed E-state index contributed by atoms with van der Waals surface area (Å²) in [6, 6.07) is 5.99. The molecule has 1 aromatic heterocycles. The summed E-state index contributed by atoms with van der Waals surface area (Å²) < 4.78 is 5.54. The summed E-state index contributed by atoms with van der Waals surface area (Å²) in [6.45, 7) is 0.125. The minimum atomic E-state index is -1.07. The Kier molecular flexibility index (Phi) is 5.10. The summed E-state index contributed by atoms with van der Waals surface area (Å²) in [6.07, 6.45) is 4.61. The van der Waals surface area contributed by atoms with E-state index in [1.54, 1.807) is 0 Å². The molecule has 2 aromatic rings. The van der Waals surface area contributed by atoms with Gasteiger partial charge in [0.15, 0.2) is 12.3 Å². The molecular formula is C17H18N2O4S. The summed E-state index contributed by atoms with van der Waals surface area (Å²) in [7, 11) is 0. The number of rotatable bonds is 6. The Labute approximate surface area is 143 Å². The van der Waals surface area contributed by atoms with Crippen LogP contribution in [-0.2, 0) is 24.2 Å². The van der Waals surface area contributed by atoms with Crippen LogP contribution in [0.1, 0.15) is 39.5 Å². The van der Waals surface area contributed by atoms with E-state index >= 15 is 0 Å². The Balaban J connectivity index is 1.47. The monoisotopic (exact) mass is 346 g/mol. The van der Waals surface area contributed by atoms with Crippen LogP contribution in [0.2, 0.25) is 0 Å². The minimum absolute atomic E-state index is 0.00504. The topological polar surface area (TPSA) is 88.5 Å². The number of amides is 1. The molecule has 1 heterocycles. The number of aromatic nitrogens is 1. The summed E-state index contributed by atoms with van der Waals surface area (Å²) >= 11 is 1.20. The van der Waals surface area contributed by atoms with Gasteiger partial charge in [0.1, 0.15) is 10.8 Å². The fourth-order valence-corrected chi connectivity index (χ4v) is 3.37. The number of aromatic carboxylic acids is 1. The first-order chi connectivity index (χ1) is 11.6. The number of ether oxygens (including phenoxy) is 1. The van der Waals surface area contributed by atoms with Crippen LogP contribution in [0.25, 0.3) is 0 Å². The highest BCUT2D eigenvalue weighted by Gasteiger charge is 2.12. The van der Waals surface area contributed by atoms with Gasteiger partial charge in [0, 0.05) is 5.38 Å². The SMILES string of the molecule is O=C(COc1ccc2c(c1)CCCC2)NCc1nc(C(=O)O)cs1. The fourth-order valence-electron chi connectivity index (χ4n) is 2.66. The van der Waals surface area contributed by atoms with E-state index in [-0.39, 0.29) is 24.8 Å². The molecule has 1 aliphatic carbocycles. The third kappa shape index (κ3) is 4.11. The van der Waals surface area contributed by atoms with Crippen molar-refractivity contribution in [3.8, 4) is 5.75 Å². The van der Waals surface area contributed by atoms with Crippen molar-refractivity contribution in [2.24, 2.45) is 0 Å². The molecule has 24 heavy (non-hydrogen) atoms.